The predicted octanol–water partition coefficient (Wildman–Crippen LogP) is 4.55. The number of amides is 1. The Bertz CT molecular complexity index is 1250. The van der Waals surface area contributed by atoms with E-state index in [0.29, 0.717) is 31.7 Å². The van der Waals surface area contributed by atoms with Crippen molar-refractivity contribution in [3.63, 3.8) is 0 Å². The highest BCUT2D eigenvalue weighted by Gasteiger charge is 2.36. The molecule has 2 heterocycles. The Kier molecular flexibility index (Phi) is 6.09. The Morgan fingerprint density at radius 3 is 2.23 bits per heavy atom. The van der Waals surface area contributed by atoms with Crippen molar-refractivity contribution in [3.8, 4) is 0 Å². The second-order valence-electron chi connectivity index (χ2n) is 7.03. The average Bonchev–Trinajstić information content (AvgIpc) is 3.18. The standard InChI is InChI=1S/C20H17Cl4N3O3S/c21-15-4-1-2-7-18(15)31(29,30)27-9-8-14-16(5-3-6-17(14)27)25-10-12-26(13-11-25)19(28)20(22,23)24/h1-9H,10-13H2. The minimum absolute atomic E-state index is 0.0402. The maximum absolute atomic E-state index is 13.2. The minimum Gasteiger partial charge on any atom is -0.367 e. The first kappa shape index (κ1) is 22.6. The van der Waals surface area contributed by atoms with Crippen molar-refractivity contribution in [3.05, 3.63) is 59.8 Å². The molecule has 4 rings (SSSR count). The molecule has 11 heteroatoms. The highest BCUT2D eigenvalue weighted by Crippen LogP contribution is 2.33. The zero-order valence-corrected chi connectivity index (χ0v) is 19.9. The fraction of sp³-hybridized carbons (Fsp3) is 0.250. The van der Waals surface area contributed by atoms with Crippen LogP contribution >= 0.6 is 46.4 Å². The molecule has 1 amide bonds. The summed E-state index contributed by atoms with van der Waals surface area (Å²) < 4.78 is 25.7. The van der Waals surface area contributed by atoms with Crippen LogP contribution in [0.3, 0.4) is 0 Å². The summed E-state index contributed by atoms with van der Waals surface area (Å²) in [7, 11) is -3.87. The molecule has 0 spiro atoms. The zero-order valence-electron chi connectivity index (χ0n) is 16.0. The van der Waals surface area contributed by atoms with E-state index in [1.807, 2.05) is 6.07 Å². The van der Waals surface area contributed by atoms with E-state index in [-0.39, 0.29) is 9.92 Å². The molecule has 1 aliphatic rings. The fourth-order valence-electron chi connectivity index (χ4n) is 3.70. The topological polar surface area (TPSA) is 62.6 Å². The van der Waals surface area contributed by atoms with Gasteiger partial charge in [-0.1, -0.05) is 64.6 Å². The number of piperazine rings is 1. The third-order valence-electron chi connectivity index (χ3n) is 5.20. The number of fused-ring (bicyclic) bond motifs is 1. The smallest absolute Gasteiger partial charge is 0.274 e. The highest BCUT2D eigenvalue weighted by molar-refractivity contribution is 7.90. The molecule has 0 radical (unpaired) electrons. The molecule has 0 saturated carbocycles. The van der Waals surface area contributed by atoms with Crippen molar-refractivity contribution in [2.75, 3.05) is 31.1 Å². The van der Waals surface area contributed by atoms with Gasteiger partial charge in [0.25, 0.3) is 19.7 Å². The van der Waals surface area contributed by atoms with Crippen LogP contribution in [0.15, 0.2) is 59.6 Å². The van der Waals surface area contributed by atoms with Gasteiger partial charge in [0.1, 0.15) is 4.90 Å². The van der Waals surface area contributed by atoms with Gasteiger partial charge in [-0.2, -0.15) is 0 Å². The van der Waals surface area contributed by atoms with Gasteiger partial charge in [0.2, 0.25) is 0 Å². The van der Waals surface area contributed by atoms with Crippen molar-refractivity contribution >= 4 is 78.9 Å². The lowest BCUT2D eigenvalue weighted by Gasteiger charge is -2.37. The van der Waals surface area contributed by atoms with Gasteiger partial charge >= 0.3 is 0 Å². The summed E-state index contributed by atoms with van der Waals surface area (Å²) in [6, 6.07) is 13.6. The molecule has 2 aromatic carbocycles. The molecule has 0 atom stereocenters. The van der Waals surface area contributed by atoms with Gasteiger partial charge in [-0.15, -0.1) is 0 Å². The molecule has 3 aromatic rings. The van der Waals surface area contributed by atoms with E-state index in [1.54, 1.807) is 36.4 Å². The van der Waals surface area contributed by atoms with Gasteiger partial charge in [0.05, 0.1) is 10.5 Å². The van der Waals surface area contributed by atoms with E-state index in [0.717, 1.165) is 11.1 Å². The summed E-state index contributed by atoms with van der Waals surface area (Å²) in [6.45, 7) is 1.83. The largest absolute Gasteiger partial charge is 0.367 e. The van der Waals surface area contributed by atoms with Crippen LogP contribution in [0.5, 0.6) is 0 Å². The fourth-order valence-corrected chi connectivity index (χ4v) is 5.90. The van der Waals surface area contributed by atoms with E-state index in [4.69, 9.17) is 46.4 Å². The lowest BCUT2D eigenvalue weighted by atomic mass is 10.1. The van der Waals surface area contributed by atoms with E-state index in [1.165, 1.54) is 21.1 Å². The molecule has 1 aliphatic heterocycles. The Morgan fingerprint density at radius 2 is 1.58 bits per heavy atom. The number of anilines is 1. The van der Waals surface area contributed by atoms with Crippen LogP contribution in [0.1, 0.15) is 0 Å². The molecule has 1 fully saturated rings. The number of carbonyl (C=O) groups excluding carboxylic acids is 1. The summed E-state index contributed by atoms with van der Waals surface area (Å²) in [5.41, 5.74) is 1.41. The number of carbonyl (C=O) groups is 1. The number of rotatable bonds is 3. The van der Waals surface area contributed by atoms with Crippen LogP contribution in [0.25, 0.3) is 10.9 Å². The lowest BCUT2D eigenvalue weighted by Crippen LogP contribution is -2.51. The number of halogens is 4. The van der Waals surface area contributed by atoms with Gasteiger partial charge in [-0.05, 0) is 30.3 Å². The second kappa shape index (κ2) is 8.37. The Labute approximate surface area is 199 Å². The third-order valence-corrected chi connectivity index (χ3v) is 7.87. The summed E-state index contributed by atoms with van der Waals surface area (Å²) in [5.74, 6) is -0.549. The first-order chi connectivity index (χ1) is 14.6. The summed E-state index contributed by atoms with van der Waals surface area (Å²) in [6.07, 6.45) is 1.52. The van der Waals surface area contributed by atoms with Gasteiger partial charge in [-0.25, -0.2) is 12.4 Å². The summed E-state index contributed by atoms with van der Waals surface area (Å²) in [5, 5.41) is 0.939. The van der Waals surface area contributed by atoms with Crippen LogP contribution in [0, 0.1) is 0 Å². The average molecular weight is 521 g/mol. The molecular formula is C20H17Cl4N3O3S. The van der Waals surface area contributed by atoms with Crippen LogP contribution in [-0.4, -0.2) is 53.2 Å². The number of hydrogen-bond donors (Lipinski definition) is 0. The van der Waals surface area contributed by atoms with E-state index < -0.39 is 19.7 Å². The predicted molar refractivity (Wildman–Crippen MR) is 125 cm³/mol. The molecule has 0 aliphatic carbocycles. The van der Waals surface area contributed by atoms with Crippen molar-refractivity contribution in [2.24, 2.45) is 0 Å². The quantitative estimate of drug-likeness (QED) is 0.475. The van der Waals surface area contributed by atoms with Crippen molar-refractivity contribution in [2.45, 2.75) is 8.69 Å². The number of alkyl halides is 3. The third kappa shape index (κ3) is 4.22. The zero-order chi connectivity index (χ0) is 22.4. The first-order valence-corrected chi connectivity index (χ1v) is 12.3. The van der Waals surface area contributed by atoms with Gasteiger partial charge in [0.15, 0.2) is 0 Å². The molecule has 0 bridgehead atoms. The van der Waals surface area contributed by atoms with Gasteiger partial charge in [-0.3, -0.25) is 4.79 Å². The lowest BCUT2D eigenvalue weighted by molar-refractivity contribution is -0.130. The minimum atomic E-state index is -3.87. The van der Waals surface area contributed by atoms with Crippen LogP contribution in [0.4, 0.5) is 5.69 Å². The molecule has 164 valence electrons. The summed E-state index contributed by atoms with van der Waals surface area (Å²) >= 11 is 23.3. The SMILES string of the molecule is O=C(N1CCN(c2cccc3c2ccn3S(=O)(=O)c2ccccc2Cl)CC1)C(Cl)(Cl)Cl. The van der Waals surface area contributed by atoms with Crippen molar-refractivity contribution in [1.82, 2.24) is 8.87 Å². The summed E-state index contributed by atoms with van der Waals surface area (Å²) in [4.78, 5) is 15.8. The number of aromatic nitrogens is 1. The number of hydrogen-bond acceptors (Lipinski definition) is 4. The molecule has 31 heavy (non-hydrogen) atoms. The molecule has 0 unspecified atom stereocenters. The molecular weight excluding hydrogens is 504 g/mol. The molecule has 1 saturated heterocycles. The van der Waals surface area contributed by atoms with E-state index in [2.05, 4.69) is 4.90 Å². The Morgan fingerprint density at radius 1 is 0.903 bits per heavy atom. The van der Waals surface area contributed by atoms with Crippen LogP contribution in [-0.2, 0) is 14.8 Å². The van der Waals surface area contributed by atoms with Crippen molar-refractivity contribution < 1.29 is 13.2 Å². The molecule has 0 N–H and O–H groups in total. The highest BCUT2D eigenvalue weighted by atomic mass is 35.6. The Hall–Kier alpha value is -1.64. The van der Waals surface area contributed by atoms with E-state index >= 15 is 0 Å². The van der Waals surface area contributed by atoms with Gasteiger partial charge < -0.3 is 9.80 Å². The van der Waals surface area contributed by atoms with Crippen LogP contribution in [0.2, 0.25) is 5.02 Å². The second-order valence-corrected chi connectivity index (χ2v) is 11.5. The molecule has 1 aromatic heterocycles. The first-order valence-electron chi connectivity index (χ1n) is 9.32. The number of nitrogens with zero attached hydrogens (tertiary/aromatic N) is 3. The van der Waals surface area contributed by atoms with Gasteiger partial charge in [0, 0.05) is 43.4 Å². The van der Waals surface area contributed by atoms with E-state index in [9.17, 15) is 13.2 Å². The van der Waals surface area contributed by atoms with Crippen LogP contribution < -0.4 is 4.90 Å². The number of benzene rings is 2. The molecule has 6 nitrogen and oxygen atoms in total. The van der Waals surface area contributed by atoms with Crippen molar-refractivity contribution in [1.29, 1.82) is 0 Å². The maximum Gasteiger partial charge on any atom is 0.274 e. The monoisotopic (exact) mass is 519 g/mol. The normalized spacial score (nSPS) is 15.5. The maximum atomic E-state index is 13.2. The Balaban J connectivity index is 1.65.